The predicted octanol–water partition coefficient (Wildman–Crippen LogP) is 2.69. The summed E-state index contributed by atoms with van der Waals surface area (Å²) in [6, 6.07) is 7.95. The van der Waals surface area contributed by atoms with E-state index in [0.29, 0.717) is 5.95 Å². The molecule has 2 rings (SSSR count). The standard InChI is InChI=1S/C12H14ClN3/c1-9(13)8-16(2)12-14-7-10-5-3-4-6-11(10)15-12/h3-7,9H,8H2,1-2H3. The molecule has 16 heavy (non-hydrogen) atoms. The molecule has 3 nitrogen and oxygen atoms in total. The molecule has 4 heteroatoms. The van der Waals surface area contributed by atoms with Crippen LogP contribution in [0.4, 0.5) is 5.95 Å². The Bertz CT molecular complexity index is 484. The number of nitrogens with zero attached hydrogens (tertiary/aromatic N) is 3. The molecule has 0 aliphatic rings. The lowest BCUT2D eigenvalue weighted by atomic mass is 10.2. The van der Waals surface area contributed by atoms with Gasteiger partial charge >= 0.3 is 0 Å². The molecule has 0 N–H and O–H groups in total. The molecule has 0 fully saturated rings. The first-order chi connectivity index (χ1) is 7.66. The first-order valence-electron chi connectivity index (χ1n) is 5.24. The molecule has 1 aromatic carbocycles. The van der Waals surface area contributed by atoms with Crippen LogP contribution in [0.25, 0.3) is 10.9 Å². The maximum atomic E-state index is 5.94. The largest absolute Gasteiger partial charge is 0.342 e. The van der Waals surface area contributed by atoms with E-state index < -0.39 is 0 Å². The summed E-state index contributed by atoms with van der Waals surface area (Å²) in [6.45, 7) is 2.69. The molecule has 0 saturated heterocycles. The third-order valence-corrected chi connectivity index (χ3v) is 2.48. The fraction of sp³-hybridized carbons (Fsp3) is 0.333. The Balaban J connectivity index is 2.32. The quantitative estimate of drug-likeness (QED) is 0.766. The van der Waals surface area contributed by atoms with E-state index in [1.165, 1.54) is 0 Å². The van der Waals surface area contributed by atoms with Gasteiger partial charge in [-0.2, -0.15) is 0 Å². The molecule has 0 bridgehead atoms. The number of alkyl halides is 1. The van der Waals surface area contributed by atoms with Crippen molar-refractivity contribution in [2.24, 2.45) is 0 Å². The van der Waals surface area contributed by atoms with Crippen LogP contribution in [0.1, 0.15) is 6.92 Å². The van der Waals surface area contributed by atoms with E-state index in [1.807, 2.05) is 49.3 Å². The molecule has 0 aliphatic heterocycles. The predicted molar refractivity (Wildman–Crippen MR) is 68.1 cm³/mol. The average molecular weight is 236 g/mol. The van der Waals surface area contributed by atoms with Gasteiger partial charge in [-0.3, -0.25) is 0 Å². The van der Waals surface area contributed by atoms with Crippen LogP contribution in [-0.4, -0.2) is 28.9 Å². The third-order valence-electron chi connectivity index (χ3n) is 2.34. The van der Waals surface area contributed by atoms with Crippen molar-refractivity contribution < 1.29 is 0 Å². The first-order valence-corrected chi connectivity index (χ1v) is 5.67. The van der Waals surface area contributed by atoms with Crippen LogP contribution in [0.5, 0.6) is 0 Å². The molecule has 0 radical (unpaired) electrons. The minimum Gasteiger partial charge on any atom is -0.342 e. The molecule has 1 unspecified atom stereocenters. The molecule has 84 valence electrons. The van der Waals surface area contributed by atoms with E-state index in [1.54, 1.807) is 0 Å². The summed E-state index contributed by atoms with van der Waals surface area (Å²) in [4.78, 5) is 10.8. The lowest BCUT2D eigenvalue weighted by Gasteiger charge is -2.18. The lowest BCUT2D eigenvalue weighted by Crippen LogP contribution is -2.25. The molecule has 2 aromatic rings. The highest BCUT2D eigenvalue weighted by atomic mass is 35.5. The molecule has 0 aliphatic carbocycles. The summed E-state index contributed by atoms with van der Waals surface area (Å²) >= 11 is 5.94. The molecule has 1 aromatic heterocycles. The molecule has 0 saturated carbocycles. The third kappa shape index (κ3) is 2.42. The number of para-hydroxylation sites is 1. The summed E-state index contributed by atoms with van der Waals surface area (Å²) in [5, 5.41) is 1.14. The maximum absolute atomic E-state index is 5.94. The smallest absolute Gasteiger partial charge is 0.225 e. The summed E-state index contributed by atoms with van der Waals surface area (Å²) in [7, 11) is 1.95. The van der Waals surface area contributed by atoms with Crippen molar-refractivity contribution in [2.75, 3.05) is 18.5 Å². The van der Waals surface area contributed by atoms with Crippen LogP contribution < -0.4 is 4.90 Å². The number of benzene rings is 1. The second kappa shape index (κ2) is 4.66. The van der Waals surface area contributed by atoms with Crippen molar-refractivity contribution in [1.82, 2.24) is 9.97 Å². The number of aromatic nitrogens is 2. The van der Waals surface area contributed by atoms with E-state index in [9.17, 15) is 0 Å². The van der Waals surface area contributed by atoms with Gasteiger partial charge in [0.2, 0.25) is 5.95 Å². The Morgan fingerprint density at radius 3 is 2.88 bits per heavy atom. The van der Waals surface area contributed by atoms with Crippen molar-refractivity contribution in [1.29, 1.82) is 0 Å². The number of hydrogen-bond donors (Lipinski definition) is 0. The minimum atomic E-state index is 0.0834. The van der Waals surface area contributed by atoms with Gasteiger partial charge in [0.25, 0.3) is 0 Å². The zero-order valence-electron chi connectivity index (χ0n) is 9.39. The van der Waals surface area contributed by atoms with E-state index >= 15 is 0 Å². The van der Waals surface area contributed by atoms with E-state index in [-0.39, 0.29) is 5.38 Å². The Morgan fingerprint density at radius 2 is 2.12 bits per heavy atom. The molecule has 0 spiro atoms. The number of rotatable bonds is 3. The SMILES string of the molecule is CC(Cl)CN(C)c1ncc2ccccc2n1. The fourth-order valence-electron chi connectivity index (χ4n) is 1.61. The highest BCUT2D eigenvalue weighted by Crippen LogP contribution is 2.14. The monoisotopic (exact) mass is 235 g/mol. The lowest BCUT2D eigenvalue weighted by molar-refractivity contribution is 0.829. The van der Waals surface area contributed by atoms with Gasteiger partial charge in [0.15, 0.2) is 0 Å². The zero-order valence-corrected chi connectivity index (χ0v) is 10.1. The number of anilines is 1. The van der Waals surface area contributed by atoms with Crippen molar-refractivity contribution in [3.8, 4) is 0 Å². The van der Waals surface area contributed by atoms with E-state index in [0.717, 1.165) is 17.4 Å². The Morgan fingerprint density at radius 1 is 1.38 bits per heavy atom. The van der Waals surface area contributed by atoms with Gasteiger partial charge in [0, 0.05) is 30.6 Å². The highest BCUT2D eigenvalue weighted by Gasteiger charge is 2.07. The van der Waals surface area contributed by atoms with Gasteiger partial charge in [0.05, 0.1) is 5.52 Å². The Hall–Kier alpha value is -1.35. The van der Waals surface area contributed by atoms with Crippen LogP contribution in [-0.2, 0) is 0 Å². The van der Waals surface area contributed by atoms with E-state index in [4.69, 9.17) is 11.6 Å². The molecule has 0 amide bonds. The van der Waals surface area contributed by atoms with Gasteiger partial charge in [-0.05, 0) is 13.0 Å². The van der Waals surface area contributed by atoms with Gasteiger partial charge in [0.1, 0.15) is 0 Å². The van der Waals surface area contributed by atoms with Crippen LogP contribution in [0, 0.1) is 0 Å². The summed E-state index contributed by atoms with van der Waals surface area (Å²) in [5.41, 5.74) is 0.960. The molecule has 1 heterocycles. The summed E-state index contributed by atoms with van der Waals surface area (Å²) in [6.07, 6.45) is 1.84. The highest BCUT2D eigenvalue weighted by molar-refractivity contribution is 6.20. The second-order valence-electron chi connectivity index (χ2n) is 3.89. The van der Waals surface area contributed by atoms with E-state index in [2.05, 4.69) is 9.97 Å². The van der Waals surface area contributed by atoms with Gasteiger partial charge in [-0.15, -0.1) is 11.6 Å². The zero-order chi connectivity index (χ0) is 11.5. The maximum Gasteiger partial charge on any atom is 0.225 e. The van der Waals surface area contributed by atoms with Crippen LogP contribution in [0.2, 0.25) is 0 Å². The number of fused-ring (bicyclic) bond motifs is 1. The van der Waals surface area contributed by atoms with Crippen LogP contribution in [0.15, 0.2) is 30.5 Å². The Kier molecular flexibility index (Phi) is 3.25. The molecular weight excluding hydrogens is 222 g/mol. The van der Waals surface area contributed by atoms with Crippen molar-refractivity contribution >= 4 is 28.5 Å². The van der Waals surface area contributed by atoms with Crippen molar-refractivity contribution in [3.63, 3.8) is 0 Å². The molecule has 1 atom stereocenters. The average Bonchev–Trinajstić information content (AvgIpc) is 2.27. The first kappa shape index (κ1) is 11.1. The fourth-order valence-corrected chi connectivity index (χ4v) is 1.81. The normalized spacial score (nSPS) is 12.7. The second-order valence-corrected chi connectivity index (χ2v) is 4.64. The minimum absolute atomic E-state index is 0.0834. The topological polar surface area (TPSA) is 29.0 Å². The van der Waals surface area contributed by atoms with Gasteiger partial charge < -0.3 is 4.90 Å². The number of halogens is 1. The van der Waals surface area contributed by atoms with Crippen molar-refractivity contribution in [3.05, 3.63) is 30.5 Å². The van der Waals surface area contributed by atoms with Crippen LogP contribution >= 0.6 is 11.6 Å². The van der Waals surface area contributed by atoms with Crippen LogP contribution in [0.3, 0.4) is 0 Å². The van der Waals surface area contributed by atoms with Crippen molar-refractivity contribution in [2.45, 2.75) is 12.3 Å². The molecular formula is C12H14ClN3. The van der Waals surface area contributed by atoms with Gasteiger partial charge in [-0.1, -0.05) is 18.2 Å². The summed E-state index contributed by atoms with van der Waals surface area (Å²) in [5.74, 6) is 0.714. The number of hydrogen-bond acceptors (Lipinski definition) is 3. The Labute approximate surface area is 100 Å². The summed E-state index contributed by atoms with van der Waals surface area (Å²) < 4.78 is 0. The van der Waals surface area contributed by atoms with Gasteiger partial charge in [-0.25, -0.2) is 9.97 Å².